The Balaban J connectivity index is 1.87. The molecule has 0 aromatic heterocycles. The monoisotopic (exact) mass is 321 g/mol. The molecule has 114 valence electrons. The maximum Gasteiger partial charge on any atom is 0.209 e. The van der Waals surface area contributed by atoms with Crippen molar-refractivity contribution in [3.8, 4) is 11.5 Å². The van der Waals surface area contributed by atoms with Gasteiger partial charge in [0.15, 0.2) is 16.4 Å². The first-order valence-corrected chi connectivity index (χ1v) is 8.85. The second-order valence-corrected chi connectivity index (χ2v) is 7.51. The molecule has 0 saturated heterocycles. The molecular formula is C20H17O2S+. The second-order valence-electron chi connectivity index (χ2n) is 5.55. The lowest BCUT2D eigenvalue weighted by molar-refractivity contribution is 0.199. The second kappa shape index (κ2) is 5.76. The van der Waals surface area contributed by atoms with Crippen molar-refractivity contribution in [1.29, 1.82) is 0 Å². The number of fused-ring (bicyclic) bond motifs is 2. The molecule has 1 heterocycles. The number of rotatable bonds is 2. The maximum absolute atomic E-state index is 9.72. The Bertz CT molecular complexity index is 795. The number of aliphatic hydroxyl groups excluding tert-OH is 1. The Hall–Kier alpha value is -2.23. The van der Waals surface area contributed by atoms with Crippen LogP contribution in [0.5, 0.6) is 11.5 Å². The van der Waals surface area contributed by atoms with Gasteiger partial charge >= 0.3 is 0 Å². The van der Waals surface area contributed by atoms with Gasteiger partial charge in [-0.15, -0.1) is 0 Å². The molecule has 0 spiro atoms. The van der Waals surface area contributed by atoms with Gasteiger partial charge < -0.3 is 9.84 Å². The molecule has 2 nitrogen and oxygen atoms in total. The van der Waals surface area contributed by atoms with Gasteiger partial charge in [0.25, 0.3) is 0 Å². The summed E-state index contributed by atoms with van der Waals surface area (Å²) < 4.78 is 6.06. The molecule has 1 unspecified atom stereocenters. The van der Waals surface area contributed by atoms with Crippen LogP contribution in [0, 0.1) is 0 Å². The Morgan fingerprint density at radius 3 is 1.83 bits per heavy atom. The Morgan fingerprint density at radius 2 is 1.30 bits per heavy atom. The Kier molecular flexibility index (Phi) is 3.60. The standard InChI is InChI=1S/C20H17O2S/c1-14(21)15-10-12-16(13-11-15)23-19-8-4-2-6-17(19)22-18-7-3-5-9-20(18)23/h2-14,21H,1H3/q+1. The van der Waals surface area contributed by atoms with Crippen molar-refractivity contribution in [1.82, 2.24) is 0 Å². The van der Waals surface area contributed by atoms with E-state index in [-0.39, 0.29) is 10.9 Å². The molecule has 0 radical (unpaired) electrons. The van der Waals surface area contributed by atoms with Gasteiger partial charge in [-0.05, 0) is 48.9 Å². The Labute approximate surface area is 138 Å². The summed E-state index contributed by atoms with van der Waals surface area (Å²) in [5, 5.41) is 9.72. The van der Waals surface area contributed by atoms with Gasteiger partial charge in [0.2, 0.25) is 9.79 Å². The normalized spacial score (nSPS) is 14.5. The minimum Gasteiger partial charge on any atom is -0.447 e. The van der Waals surface area contributed by atoms with Gasteiger partial charge in [0.1, 0.15) is 10.9 Å². The zero-order valence-corrected chi connectivity index (χ0v) is 13.6. The molecule has 1 aliphatic heterocycles. The summed E-state index contributed by atoms with van der Waals surface area (Å²) >= 11 is 0. The highest BCUT2D eigenvalue weighted by atomic mass is 32.2. The summed E-state index contributed by atoms with van der Waals surface area (Å²) in [6.07, 6.45) is -0.443. The van der Waals surface area contributed by atoms with Gasteiger partial charge in [0.05, 0.1) is 6.10 Å². The number of hydrogen-bond acceptors (Lipinski definition) is 2. The van der Waals surface area contributed by atoms with Crippen LogP contribution in [0.15, 0.2) is 87.5 Å². The van der Waals surface area contributed by atoms with Crippen molar-refractivity contribution < 1.29 is 9.84 Å². The molecule has 23 heavy (non-hydrogen) atoms. The molecule has 3 aromatic carbocycles. The van der Waals surface area contributed by atoms with E-state index in [1.807, 2.05) is 36.4 Å². The number of benzene rings is 3. The van der Waals surface area contributed by atoms with E-state index in [4.69, 9.17) is 4.74 Å². The van der Waals surface area contributed by atoms with E-state index in [2.05, 4.69) is 36.4 Å². The minimum absolute atomic E-state index is 0.186. The van der Waals surface area contributed by atoms with Crippen molar-refractivity contribution in [2.75, 3.05) is 0 Å². The summed E-state index contributed by atoms with van der Waals surface area (Å²) in [5.74, 6) is 1.85. The van der Waals surface area contributed by atoms with Crippen LogP contribution >= 0.6 is 0 Å². The lowest BCUT2D eigenvalue weighted by Crippen LogP contribution is -2.12. The van der Waals surface area contributed by atoms with Gasteiger partial charge in [-0.3, -0.25) is 0 Å². The summed E-state index contributed by atoms with van der Waals surface area (Å²) in [5.41, 5.74) is 0.937. The van der Waals surface area contributed by atoms with Crippen LogP contribution in [-0.4, -0.2) is 5.11 Å². The van der Waals surface area contributed by atoms with Crippen LogP contribution < -0.4 is 4.74 Å². The zero-order valence-electron chi connectivity index (χ0n) is 12.8. The molecule has 0 aliphatic carbocycles. The lowest BCUT2D eigenvalue weighted by Gasteiger charge is -2.19. The summed E-state index contributed by atoms with van der Waals surface area (Å²) in [6, 6.07) is 24.7. The molecule has 0 saturated carbocycles. The fourth-order valence-electron chi connectivity index (χ4n) is 2.78. The third-order valence-electron chi connectivity index (χ3n) is 3.96. The van der Waals surface area contributed by atoms with Crippen LogP contribution in [0.2, 0.25) is 0 Å². The van der Waals surface area contributed by atoms with Crippen LogP contribution in [0.1, 0.15) is 18.6 Å². The van der Waals surface area contributed by atoms with E-state index < -0.39 is 6.10 Å². The molecule has 3 heteroatoms. The molecule has 0 fully saturated rings. The summed E-state index contributed by atoms with van der Waals surface area (Å²) in [4.78, 5) is 3.64. The molecule has 0 bridgehead atoms. The topological polar surface area (TPSA) is 29.5 Å². The predicted molar refractivity (Wildman–Crippen MR) is 92.2 cm³/mol. The van der Waals surface area contributed by atoms with Crippen LogP contribution in [0.3, 0.4) is 0 Å². The first kappa shape index (κ1) is 14.4. The average Bonchev–Trinajstić information content (AvgIpc) is 2.59. The third-order valence-corrected chi connectivity index (χ3v) is 6.25. The highest BCUT2D eigenvalue weighted by molar-refractivity contribution is 7.97. The van der Waals surface area contributed by atoms with Crippen molar-refractivity contribution in [2.24, 2.45) is 0 Å². The van der Waals surface area contributed by atoms with Crippen molar-refractivity contribution in [2.45, 2.75) is 27.7 Å². The molecule has 3 aromatic rings. The highest BCUT2D eigenvalue weighted by Crippen LogP contribution is 2.46. The number of aliphatic hydroxyl groups is 1. The van der Waals surface area contributed by atoms with Gasteiger partial charge in [-0.2, -0.15) is 0 Å². The molecule has 0 amide bonds. The van der Waals surface area contributed by atoms with Crippen molar-refractivity contribution >= 4 is 10.9 Å². The molecule has 1 atom stereocenters. The fraction of sp³-hybridized carbons (Fsp3) is 0.100. The quantitative estimate of drug-likeness (QED) is 0.530. The SMILES string of the molecule is CC(O)c1ccc([S+]2c3ccccc3Oc3ccccc32)cc1. The molecule has 1 N–H and O–H groups in total. The van der Waals surface area contributed by atoms with Crippen molar-refractivity contribution in [3.63, 3.8) is 0 Å². The lowest BCUT2D eigenvalue weighted by atomic mass is 10.1. The predicted octanol–water partition coefficient (Wildman–Crippen LogP) is 4.94. The highest BCUT2D eigenvalue weighted by Gasteiger charge is 2.38. The van der Waals surface area contributed by atoms with Crippen LogP contribution in [0.4, 0.5) is 0 Å². The smallest absolute Gasteiger partial charge is 0.209 e. The largest absolute Gasteiger partial charge is 0.447 e. The first-order valence-electron chi connectivity index (χ1n) is 7.62. The first-order chi connectivity index (χ1) is 11.2. The van der Waals surface area contributed by atoms with E-state index in [1.54, 1.807) is 6.92 Å². The molecular weight excluding hydrogens is 304 g/mol. The van der Waals surface area contributed by atoms with E-state index in [0.29, 0.717) is 0 Å². The zero-order chi connectivity index (χ0) is 15.8. The molecule has 1 aliphatic rings. The maximum atomic E-state index is 9.72. The van der Waals surface area contributed by atoms with E-state index in [9.17, 15) is 5.11 Å². The summed E-state index contributed by atoms with van der Waals surface area (Å²) in [6.45, 7) is 1.79. The van der Waals surface area contributed by atoms with Crippen LogP contribution in [-0.2, 0) is 10.9 Å². The number of ether oxygens (including phenoxy) is 1. The van der Waals surface area contributed by atoms with Crippen molar-refractivity contribution in [3.05, 3.63) is 78.4 Å². The van der Waals surface area contributed by atoms with E-state index in [0.717, 1.165) is 17.1 Å². The fourth-order valence-corrected chi connectivity index (χ4v) is 4.98. The van der Waals surface area contributed by atoms with Gasteiger partial charge in [-0.25, -0.2) is 0 Å². The number of hydrogen-bond donors (Lipinski definition) is 1. The average molecular weight is 321 g/mol. The van der Waals surface area contributed by atoms with Gasteiger partial charge in [-0.1, -0.05) is 36.4 Å². The van der Waals surface area contributed by atoms with E-state index >= 15 is 0 Å². The Morgan fingerprint density at radius 1 is 0.783 bits per heavy atom. The minimum atomic E-state index is -0.443. The third kappa shape index (κ3) is 2.52. The van der Waals surface area contributed by atoms with Crippen LogP contribution in [0.25, 0.3) is 0 Å². The number of para-hydroxylation sites is 2. The van der Waals surface area contributed by atoms with E-state index in [1.165, 1.54) is 14.7 Å². The molecule has 4 rings (SSSR count). The van der Waals surface area contributed by atoms with Gasteiger partial charge in [0, 0.05) is 0 Å². The summed E-state index contributed by atoms with van der Waals surface area (Å²) in [7, 11) is -0.186.